The van der Waals surface area contributed by atoms with Crippen LogP contribution in [0.1, 0.15) is 56.2 Å². The highest BCUT2D eigenvalue weighted by Gasteiger charge is 2.21. The van der Waals surface area contributed by atoms with Gasteiger partial charge in [-0.15, -0.1) is 0 Å². The summed E-state index contributed by atoms with van der Waals surface area (Å²) in [6.07, 6.45) is 1.37. The Balaban J connectivity index is 2.65. The molecule has 0 bridgehead atoms. The molecule has 0 amide bonds. The zero-order valence-electron chi connectivity index (χ0n) is 15.4. The predicted octanol–water partition coefficient (Wildman–Crippen LogP) is 4.98. The zero-order chi connectivity index (χ0) is 19.5. The largest absolute Gasteiger partial charge is 0.507 e. The van der Waals surface area contributed by atoms with E-state index in [1.807, 2.05) is 33.8 Å². The summed E-state index contributed by atoms with van der Waals surface area (Å²) in [5.41, 5.74) is 2.06. The second kappa shape index (κ2) is 7.76. The molecule has 0 heterocycles. The maximum absolute atomic E-state index is 12.7. The minimum absolute atomic E-state index is 0.0668. The Morgan fingerprint density at radius 2 is 1.54 bits per heavy atom. The zero-order valence-corrected chi connectivity index (χ0v) is 16.2. The van der Waals surface area contributed by atoms with Crippen molar-refractivity contribution in [2.45, 2.75) is 44.4 Å². The molecule has 4 nitrogen and oxygen atoms in total. The van der Waals surface area contributed by atoms with E-state index in [1.54, 1.807) is 30.3 Å². The van der Waals surface area contributed by atoms with Gasteiger partial charge in [-0.05, 0) is 58.9 Å². The second-order valence-corrected chi connectivity index (χ2v) is 8.71. The molecule has 136 valence electrons. The van der Waals surface area contributed by atoms with Crippen molar-refractivity contribution in [3.63, 3.8) is 0 Å². The molecule has 0 aromatic heterocycles. The van der Waals surface area contributed by atoms with Gasteiger partial charge in [-0.3, -0.25) is 0 Å². The van der Waals surface area contributed by atoms with Crippen molar-refractivity contribution in [2.75, 3.05) is 0 Å². The number of hydrogen-bond donors (Lipinski definition) is 1. The Hall–Kier alpha value is -2.58. The summed E-state index contributed by atoms with van der Waals surface area (Å²) >= 11 is 0. The molecule has 26 heavy (non-hydrogen) atoms. The van der Waals surface area contributed by atoms with Gasteiger partial charge in [0.05, 0.1) is 4.90 Å². The topological polar surface area (TPSA) is 78.2 Å². The van der Waals surface area contributed by atoms with Crippen molar-refractivity contribution in [2.24, 2.45) is 0 Å². The van der Waals surface area contributed by atoms with Crippen LogP contribution in [-0.2, 0) is 9.84 Å². The molecule has 0 fully saturated rings. The van der Waals surface area contributed by atoms with Gasteiger partial charge in [-0.25, -0.2) is 8.42 Å². The van der Waals surface area contributed by atoms with Gasteiger partial charge in [0.25, 0.3) is 0 Å². The van der Waals surface area contributed by atoms with Gasteiger partial charge in [0.2, 0.25) is 9.84 Å². The van der Waals surface area contributed by atoms with Crippen LogP contribution in [0.5, 0.6) is 5.75 Å². The molecular weight excluding hydrogens is 346 g/mol. The standard InChI is InChI=1S/C21H23NO3S/c1-14(2)19-11-16(12-20(15(3)4)21(19)23)10-18(13-22)26(24,25)17-8-6-5-7-9-17/h5-12,14-15,23H,1-4H3. The van der Waals surface area contributed by atoms with Crippen LogP contribution in [0.2, 0.25) is 0 Å². The number of phenols is 1. The first-order chi connectivity index (χ1) is 12.2. The third-order valence-corrected chi connectivity index (χ3v) is 5.87. The SMILES string of the molecule is CC(C)c1cc(C=C(C#N)S(=O)(=O)c2ccccc2)cc(C(C)C)c1O. The smallest absolute Gasteiger partial charge is 0.216 e. The predicted molar refractivity (Wildman–Crippen MR) is 104 cm³/mol. The maximum Gasteiger partial charge on any atom is 0.216 e. The van der Waals surface area contributed by atoms with Crippen molar-refractivity contribution in [1.82, 2.24) is 0 Å². The molecule has 1 N–H and O–H groups in total. The van der Waals surface area contributed by atoms with E-state index in [2.05, 4.69) is 0 Å². The Morgan fingerprint density at radius 1 is 1.04 bits per heavy atom. The molecule has 0 saturated carbocycles. The van der Waals surface area contributed by atoms with E-state index < -0.39 is 9.84 Å². The molecule has 5 heteroatoms. The third-order valence-electron chi connectivity index (χ3n) is 4.19. The number of aromatic hydroxyl groups is 1. The van der Waals surface area contributed by atoms with Crippen LogP contribution in [0.25, 0.3) is 6.08 Å². The number of rotatable bonds is 5. The summed E-state index contributed by atoms with van der Waals surface area (Å²) in [6, 6.07) is 13.2. The number of phenolic OH excluding ortho intramolecular Hbond substituents is 1. The molecule has 2 aromatic carbocycles. The summed E-state index contributed by atoms with van der Waals surface area (Å²) in [6.45, 7) is 7.83. The van der Waals surface area contributed by atoms with Crippen molar-refractivity contribution >= 4 is 15.9 Å². The van der Waals surface area contributed by atoms with Crippen molar-refractivity contribution in [3.05, 3.63) is 64.1 Å². The summed E-state index contributed by atoms with van der Waals surface area (Å²) in [5, 5.41) is 19.9. The summed E-state index contributed by atoms with van der Waals surface area (Å²) in [5.74, 6) is 0.366. The quantitative estimate of drug-likeness (QED) is 0.754. The molecule has 0 atom stereocenters. The van der Waals surface area contributed by atoms with Crippen LogP contribution >= 0.6 is 0 Å². The van der Waals surface area contributed by atoms with E-state index in [4.69, 9.17) is 0 Å². The molecule has 0 aliphatic carbocycles. The van der Waals surface area contributed by atoms with Gasteiger partial charge in [-0.1, -0.05) is 45.9 Å². The lowest BCUT2D eigenvalue weighted by Gasteiger charge is -2.16. The molecule has 0 aliphatic heterocycles. The van der Waals surface area contributed by atoms with Crippen molar-refractivity contribution in [1.29, 1.82) is 5.26 Å². The Kier molecular flexibility index (Phi) is 5.89. The first-order valence-corrected chi connectivity index (χ1v) is 9.95. The van der Waals surface area contributed by atoms with E-state index in [0.29, 0.717) is 5.56 Å². The molecular formula is C21H23NO3S. The molecule has 0 saturated heterocycles. The van der Waals surface area contributed by atoms with Crippen LogP contribution in [0.4, 0.5) is 0 Å². The minimum atomic E-state index is -3.89. The lowest BCUT2D eigenvalue weighted by molar-refractivity contribution is 0.454. The fraction of sp³-hybridized carbons (Fsp3) is 0.286. The average Bonchev–Trinajstić information content (AvgIpc) is 2.60. The van der Waals surface area contributed by atoms with Crippen LogP contribution in [0.3, 0.4) is 0 Å². The number of nitriles is 1. The van der Waals surface area contributed by atoms with E-state index >= 15 is 0 Å². The van der Waals surface area contributed by atoms with Crippen molar-refractivity contribution < 1.29 is 13.5 Å². The van der Waals surface area contributed by atoms with Gasteiger partial charge in [0.15, 0.2) is 0 Å². The number of sulfone groups is 1. The molecule has 0 aliphatic rings. The monoisotopic (exact) mass is 369 g/mol. The fourth-order valence-electron chi connectivity index (χ4n) is 2.72. The van der Waals surface area contributed by atoms with Gasteiger partial charge in [-0.2, -0.15) is 5.26 Å². The van der Waals surface area contributed by atoms with Gasteiger partial charge >= 0.3 is 0 Å². The van der Waals surface area contributed by atoms with Crippen LogP contribution in [0.15, 0.2) is 52.3 Å². The van der Waals surface area contributed by atoms with Crippen LogP contribution in [0, 0.1) is 11.3 Å². The maximum atomic E-state index is 12.7. The average molecular weight is 369 g/mol. The highest BCUT2D eigenvalue weighted by Crippen LogP contribution is 2.35. The first-order valence-electron chi connectivity index (χ1n) is 8.47. The summed E-state index contributed by atoms with van der Waals surface area (Å²) < 4.78 is 25.5. The third kappa shape index (κ3) is 3.97. The summed E-state index contributed by atoms with van der Waals surface area (Å²) in [7, 11) is -3.89. The van der Waals surface area contributed by atoms with Gasteiger partial charge in [0.1, 0.15) is 16.7 Å². The first kappa shape index (κ1) is 19.7. The number of nitrogens with zero attached hydrogens (tertiary/aromatic N) is 1. The normalized spacial score (nSPS) is 12.4. The number of benzene rings is 2. The highest BCUT2D eigenvalue weighted by atomic mass is 32.2. The van der Waals surface area contributed by atoms with E-state index in [9.17, 15) is 18.8 Å². The minimum Gasteiger partial charge on any atom is -0.507 e. The number of hydrogen-bond acceptors (Lipinski definition) is 4. The van der Waals surface area contributed by atoms with Gasteiger partial charge in [0, 0.05) is 0 Å². The molecule has 0 radical (unpaired) electrons. The molecule has 0 spiro atoms. The van der Waals surface area contributed by atoms with E-state index in [0.717, 1.165) is 11.1 Å². The molecule has 0 unspecified atom stereocenters. The Morgan fingerprint density at radius 3 is 1.96 bits per heavy atom. The fourth-order valence-corrected chi connectivity index (χ4v) is 3.90. The van der Waals surface area contributed by atoms with Crippen LogP contribution in [-0.4, -0.2) is 13.5 Å². The van der Waals surface area contributed by atoms with E-state index in [-0.39, 0.29) is 27.4 Å². The second-order valence-electron chi connectivity index (χ2n) is 6.79. The highest BCUT2D eigenvalue weighted by molar-refractivity contribution is 7.95. The number of allylic oxidation sites excluding steroid dienone is 1. The van der Waals surface area contributed by atoms with Crippen molar-refractivity contribution in [3.8, 4) is 11.8 Å². The lowest BCUT2D eigenvalue weighted by Crippen LogP contribution is -2.04. The summed E-state index contributed by atoms with van der Waals surface area (Å²) in [4.78, 5) is -0.237. The van der Waals surface area contributed by atoms with Crippen LogP contribution < -0.4 is 0 Å². The molecule has 2 rings (SSSR count). The molecule has 2 aromatic rings. The Labute approximate surface area is 155 Å². The van der Waals surface area contributed by atoms with Gasteiger partial charge < -0.3 is 5.11 Å². The lowest BCUT2D eigenvalue weighted by atomic mass is 9.91. The Bertz CT molecular complexity index is 937. The van der Waals surface area contributed by atoms with E-state index in [1.165, 1.54) is 18.2 Å².